The summed E-state index contributed by atoms with van der Waals surface area (Å²) in [4.78, 5) is 38.0. The van der Waals surface area contributed by atoms with Gasteiger partial charge in [-0.25, -0.2) is 0 Å². The zero-order valence-corrected chi connectivity index (χ0v) is 11.4. The lowest BCUT2D eigenvalue weighted by molar-refractivity contribution is -0.128. The molecule has 4 nitrogen and oxygen atoms in total. The molecule has 1 aliphatic rings. The summed E-state index contributed by atoms with van der Waals surface area (Å²) in [6.07, 6.45) is 0.166. The Morgan fingerprint density at radius 1 is 1.15 bits per heavy atom. The van der Waals surface area contributed by atoms with E-state index in [0.717, 1.165) is 10.5 Å². The largest absolute Gasteiger partial charge is 0.291 e. The van der Waals surface area contributed by atoms with Crippen molar-refractivity contribution in [2.75, 3.05) is 6.54 Å². The minimum absolute atomic E-state index is 0.166. The van der Waals surface area contributed by atoms with Gasteiger partial charge < -0.3 is 0 Å². The van der Waals surface area contributed by atoms with Crippen molar-refractivity contribution in [2.45, 2.75) is 6.42 Å². The Kier molecular flexibility index (Phi) is 3.20. The number of thiophene rings is 1. The molecule has 5 heteroatoms. The van der Waals surface area contributed by atoms with E-state index in [-0.39, 0.29) is 30.6 Å². The summed E-state index contributed by atoms with van der Waals surface area (Å²) < 4.78 is 0. The maximum absolute atomic E-state index is 12.3. The number of carbonyl (C=O) groups excluding carboxylic acids is 3. The maximum Gasteiger partial charge on any atom is 0.261 e. The number of Topliss-reactive ketones (excluding diaryl/α,β-unsaturated/α-hetero) is 1. The SMILES string of the molecule is O=C(CN1C(=O)Cc2ccccc2C1=O)c1cccs1. The lowest BCUT2D eigenvalue weighted by Gasteiger charge is -2.25. The number of ketones is 1. The molecule has 0 spiro atoms. The number of imide groups is 1. The molecule has 2 heterocycles. The second-order valence-electron chi connectivity index (χ2n) is 4.52. The highest BCUT2D eigenvalue weighted by Crippen LogP contribution is 2.20. The quantitative estimate of drug-likeness (QED) is 0.641. The van der Waals surface area contributed by atoms with Crippen molar-refractivity contribution in [1.29, 1.82) is 0 Å². The van der Waals surface area contributed by atoms with Crippen molar-refractivity contribution >= 4 is 28.9 Å². The molecule has 20 heavy (non-hydrogen) atoms. The van der Waals surface area contributed by atoms with Crippen LogP contribution in [0.3, 0.4) is 0 Å². The van der Waals surface area contributed by atoms with Gasteiger partial charge in [-0.1, -0.05) is 24.3 Å². The van der Waals surface area contributed by atoms with Crippen molar-refractivity contribution in [3.05, 3.63) is 57.8 Å². The molecule has 1 aromatic carbocycles. The first-order valence-corrected chi connectivity index (χ1v) is 7.04. The number of nitrogens with zero attached hydrogens (tertiary/aromatic N) is 1. The molecule has 0 N–H and O–H groups in total. The Balaban J connectivity index is 1.86. The van der Waals surface area contributed by atoms with E-state index in [1.54, 1.807) is 41.8 Å². The van der Waals surface area contributed by atoms with Gasteiger partial charge in [-0.05, 0) is 23.1 Å². The number of amides is 2. The van der Waals surface area contributed by atoms with Crippen LogP contribution in [0.25, 0.3) is 0 Å². The molecule has 0 saturated heterocycles. The molecule has 2 amide bonds. The van der Waals surface area contributed by atoms with Crippen molar-refractivity contribution in [3.63, 3.8) is 0 Å². The van der Waals surface area contributed by atoms with Crippen molar-refractivity contribution in [1.82, 2.24) is 4.90 Å². The first kappa shape index (κ1) is 12.7. The van der Waals surface area contributed by atoms with Crippen LogP contribution in [0.5, 0.6) is 0 Å². The average Bonchev–Trinajstić information content (AvgIpc) is 2.97. The van der Waals surface area contributed by atoms with Crippen LogP contribution in [0.1, 0.15) is 25.6 Å². The molecule has 0 bridgehead atoms. The number of hydrogen-bond donors (Lipinski definition) is 0. The molecule has 0 radical (unpaired) electrons. The number of carbonyl (C=O) groups is 3. The summed E-state index contributed by atoms with van der Waals surface area (Å²) in [6.45, 7) is -0.188. The van der Waals surface area contributed by atoms with E-state index in [2.05, 4.69) is 0 Å². The van der Waals surface area contributed by atoms with E-state index in [1.165, 1.54) is 11.3 Å². The maximum atomic E-state index is 12.3. The van der Waals surface area contributed by atoms with Gasteiger partial charge in [0.25, 0.3) is 5.91 Å². The van der Waals surface area contributed by atoms with Gasteiger partial charge in [-0.15, -0.1) is 11.3 Å². The van der Waals surface area contributed by atoms with Crippen molar-refractivity contribution in [3.8, 4) is 0 Å². The fraction of sp³-hybridized carbons (Fsp3) is 0.133. The lowest BCUT2D eigenvalue weighted by Crippen LogP contribution is -2.44. The summed E-state index contributed by atoms with van der Waals surface area (Å²) in [7, 11) is 0. The van der Waals surface area contributed by atoms with Gasteiger partial charge in [0.2, 0.25) is 5.91 Å². The van der Waals surface area contributed by atoms with Crippen LogP contribution < -0.4 is 0 Å². The highest BCUT2D eigenvalue weighted by molar-refractivity contribution is 7.12. The Labute approximate surface area is 119 Å². The molecule has 3 rings (SSSR count). The van der Waals surface area contributed by atoms with Crippen LogP contribution in [0.4, 0.5) is 0 Å². The normalized spacial score (nSPS) is 14.3. The van der Waals surface area contributed by atoms with E-state index < -0.39 is 0 Å². The van der Waals surface area contributed by atoms with E-state index in [0.29, 0.717) is 10.4 Å². The first-order chi connectivity index (χ1) is 9.66. The van der Waals surface area contributed by atoms with Gasteiger partial charge in [0, 0.05) is 5.56 Å². The molecule has 0 unspecified atom stereocenters. The Bertz CT molecular complexity index is 691. The molecular weight excluding hydrogens is 274 g/mol. The van der Waals surface area contributed by atoms with Gasteiger partial charge in [0.15, 0.2) is 5.78 Å². The van der Waals surface area contributed by atoms with Crippen LogP contribution in [0.15, 0.2) is 41.8 Å². The molecule has 0 saturated carbocycles. The number of fused-ring (bicyclic) bond motifs is 1. The number of benzene rings is 1. The highest BCUT2D eigenvalue weighted by Gasteiger charge is 2.32. The third-order valence-electron chi connectivity index (χ3n) is 3.23. The molecule has 0 fully saturated rings. The van der Waals surface area contributed by atoms with Gasteiger partial charge >= 0.3 is 0 Å². The number of rotatable bonds is 3. The van der Waals surface area contributed by atoms with Crippen LogP contribution in [0.2, 0.25) is 0 Å². The minimum atomic E-state index is -0.387. The zero-order chi connectivity index (χ0) is 14.1. The van der Waals surface area contributed by atoms with Gasteiger partial charge in [-0.2, -0.15) is 0 Å². The molecule has 1 aliphatic heterocycles. The highest BCUT2D eigenvalue weighted by atomic mass is 32.1. The average molecular weight is 285 g/mol. The summed E-state index contributed by atoms with van der Waals surface area (Å²) in [5, 5.41) is 1.79. The second kappa shape index (κ2) is 5.02. The molecule has 0 atom stereocenters. The third-order valence-corrected chi connectivity index (χ3v) is 4.14. The standard InChI is InChI=1S/C15H11NO3S/c17-12(13-6-3-7-20-13)9-16-14(18)8-10-4-1-2-5-11(10)15(16)19/h1-7H,8-9H2. The van der Waals surface area contributed by atoms with Gasteiger partial charge in [0.1, 0.15) is 0 Å². The predicted octanol–water partition coefficient (Wildman–Crippen LogP) is 2.16. The second-order valence-corrected chi connectivity index (χ2v) is 5.47. The van der Waals surface area contributed by atoms with Crippen LogP contribution in [-0.4, -0.2) is 29.0 Å². The fourth-order valence-electron chi connectivity index (χ4n) is 2.22. The molecule has 1 aromatic heterocycles. The monoisotopic (exact) mass is 285 g/mol. The zero-order valence-electron chi connectivity index (χ0n) is 10.5. The van der Waals surface area contributed by atoms with Crippen LogP contribution >= 0.6 is 11.3 Å². The van der Waals surface area contributed by atoms with Gasteiger partial charge in [-0.3, -0.25) is 19.3 Å². The lowest BCUT2D eigenvalue weighted by atomic mass is 9.98. The van der Waals surface area contributed by atoms with E-state index in [1.807, 2.05) is 0 Å². The topological polar surface area (TPSA) is 54.5 Å². The fourth-order valence-corrected chi connectivity index (χ4v) is 2.88. The van der Waals surface area contributed by atoms with Gasteiger partial charge in [0.05, 0.1) is 17.8 Å². The van der Waals surface area contributed by atoms with E-state index >= 15 is 0 Å². The molecule has 100 valence electrons. The Morgan fingerprint density at radius 3 is 2.70 bits per heavy atom. The Hall–Kier alpha value is -2.27. The number of hydrogen-bond acceptors (Lipinski definition) is 4. The van der Waals surface area contributed by atoms with Crippen LogP contribution in [-0.2, 0) is 11.2 Å². The minimum Gasteiger partial charge on any atom is -0.291 e. The van der Waals surface area contributed by atoms with Crippen LogP contribution in [0, 0.1) is 0 Å². The predicted molar refractivity (Wildman–Crippen MR) is 74.8 cm³/mol. The molecular formula is C15H11NO3S. The first-order valence-electron chi connectivity index (χ1n) is 6.16. The van der Waals surface area contributed by atoms with E-state index in [9.17, 15) is 14.4 Å². The van der Waals surface area contributed by atoms with E-state index in [4.69, 9.17) is 0 Å². The summed E-state index contributed by atoms with van der Waals surface area (Å²) >= 11 is 1.31. The molecule has 2 aromatic rings. The van der Waals surface area contributed by atoms with Crippen molar-refractivity contribution < 1.29 is 14.4 Å². The van der Waals surface area contributed by atoms with Crippen molar-refractivity contribution in [2.24, 2.45) is 0 Å². The molecule has 0 aliphatic carbocycles. The smallest absolute Gasteiger partial charge is 0.261 e. The summed E-state index contributed by atoms with van der Waals surface area (Å²) in [5.74, 6) is -0.915. The summed E-state index contributed by atoms with van der Waals surface area (Å²) in [5.41, 5.74) is 1.23. The Morgan fingerprint density at radius 2 is 1.95 bits per heavy atom. The summed E-state index contributed by atoms with van der Waals surface area (Å²) in [6, 6.07) is 10.5. The third kappa shape index (κ3) is 2.16.